The molecule has 7 heteroatoms. The molecule has 2 aromatic heterocycles. The Hall–Kier alpha value is -0.960. The minimum absolute atomic E-state index is 0.0927. The summed E-state index contributed by atoms with van der Waals surface area (Å²) in [5.41, 5.74) is 6.58. The van der Waals surface area contributed by atoms with Crippen molar-refractivity contribution in [3.05, 3.63) is 10.0 Å². The van der Waals surface area contributed by atoms with E-state index in [-0.39, 0.29) is 6.10 Å². The summed E-state index contributed by atoms with van der Waals surface area (Å²) in [5, 5.41) is 5.23. The number of fused-ring (bicyclic) bond motifs is 1. The highest BCUT2D eigenvalue weighted by atomic mass is 127. The summed E-state index contributed by atoms with van der Waals surface area (Å²) in [4.78, 5) is 8.20. The lowest BCUT2D eigenvalue weighted by Gasteiger charge is -2.11. The zero-order valence-electron chi connectivity index (χ0n) is 9.72. The molecule has 0 aromatic carbocycles. The Morgan fingerprint density at radius 1 is 1.53 bits per heavy atom. The molecule has 2 N–H and O–H groups in total. The van der Waals surface area contributed by atoms with Crippen LogP contribution in [0.3, 0.4) is 0 Å². The molecular weight excluding hydrogens is 333 g/mol. The topological polar surface area (TPSA) is 78.9 Å². The van der Waals surface area contributed by atoms with Gasteiger partial charge >= 0.3 is 0 Å². The number of nitrogens with zero attached hydrogens (tertiary/aromatic N) is 4. The minimum atomic E-state index is 0.0927. The maximum absolute atomic E-state index is 5.82. The summed E-state index contributed by atoms with van der Waals surface area (Å²) < 4.78 is 8.13. The highest BCUT2D eigenvalue weighted by molar-refractivity contribution is 14.1. The van der Waals surface area contributed by atoms with Crippen LogP contribution in [0.1, 0.15) is 13.8 Å². The van der Waals surface area contributed by atoms with Gasteiger partial charge < -0.3 is 10.5 Å². The van der Waals surface area contributed by atoms with Gasteiger partial charge in [-0.05, 0) is 36.4 Å². The molecule has 0 saturated heterocycles. The van der Waals surface area contributed by atoms with E-state index < -0.39 is 0 Å². The summed E-state index contributed by atoms with van der Waals surface area (Å²) in [6.07, 6.45) is 1.55. The Bertz CT molecular complexity index is 527. The molecule has 92 valence electrons. The average molecular weight is 347 g/mol. The molecule has 0 spiro atoms. The summed E-state index contributed by atoms with van der Waals surface area (Å²) in [7, 11) is 0. The van der Waals surface area contributed by atoms with E-state index in [1.165, 1.54) is 6.33 Å². The molecule has 1 atom stereocenters. The first kappa shape index (κ1) is 12.5. The van der Waals surface area contributed by atoms with Gasteiger partial charge in [0.05, 0.1) is 18.0 Å². The molecule has 17 heavy (non-hydrogen) atoms. The van der Waals surface area contributed by atoms with Gasteiger partial charge in [0.25, 0.3) is 0 Å². The van der Waals surface area contributed by atoms with Crippen LogP contribution in [0.5, 0.6) is 0 Å². The quantitative estimate of drug-likeness (QED) is 0.847. The number of hydrogen-bond acceptors (Lipinski definition) is 5. The van der Waals surface area contributed by atoms with Crippen molar-refractivity contribution in [2.45, 2.75) is 26.5 Å². The molecule has 0 amide bonds. The molecule has 0 bridgehead atoms. The molecule has 2 rings (SSSR count). The summed E-state index contributed by atoms with van der Waals surface area (Å²) >= 11 is 2.14. The largest absolute Gasteiger partial charge is 0.383 e. The predicted molar refractivity (Wildman–Crippen MR) is 73.5 cm³/mol. The monoisotopic (exact) mass is 347 g/mol. The number of aromatic nitrogens is 4. The van der Waals surface area contributed by atoms with Crippen LogP contribution in [0.2, 0.25) is 0 Å². The van der Waals surface area contributed by atoms with Gasteiger partial charge in [0, 0.05) is 6.61 Å². The van der Waals surface area contributed by atoms with E-state index in [1.54, 1.807) is 0 Å². The van der Waals surface area contributed by atoms with Gasteiger partial charge in [0.2, 0.25) is 0 Å². The van der Waals surface area contributed by atoms with Gasteiger partial charge in [-0.15, -0.1) is 0 Å². The first-order valence-electron chi connectivity index (χ1n) is 5.37. The Morgan fingerprint density at radius 3 is 3.00 bits per heavy atom. The Kier molecular flexibility index (Phi) is 3.77. The molecule has 0 saturated carbocycles. The van der Waals surface area contributed by atoms with Crippen LogP contribution in [0, 0.1) is 3.70 Å². The minimum Gasteiger partial charge on any atom is -0.383 e. The molecule has 0 fully saturated rings. The second kappa shape index (κ2) is 5.13. The van der Waals surface area contributed by atoms with Gasteiger partial charge in [0.1, 0.15) is 15.8 Å². The lowest BCUT2D eigenvalue weighted by molar-refractivity contribution is 0.0622. The van der Waals surface area contributed by atoms with E-state index in [0.717, 1.165) is 14.7 Å². The van der Waals surface area contributed by atoms with Crippen molar-refractivity contribution in [2.75, 3.05) is 12.3 Å². The number of halogens is 1. The van der Waals surface area contributed by atoms with Crippen LogP contribution in [0.15, 0.2) is 6.33 Å². The van der Waals surface area contributed by atoms with Crippen molar-refractivity contribution in [1.29, 1.82) is 0 Å². The first-order valence-corrected chi connectivity index (χ1v) is 6.45. The van der Waals surface area contributed by atoms with Crippen LogP contribution in [0.25, 0.3) is 11.0 Å². The molecule has 0 aliphatic heterocycles. The molecule has 0 aliphatic carbocycles. The van der Waals surface area contributed by atoms with E-state index in [4.69, 9.17) is 10.5 Å². The van der Waals surface area contributed by atoms with Crippen molar-refractivity contribution < 1.29 is 4.74 Å². The predicted octanol–water partition coefficient (Wildman–Crippen LogP) is 1.44. The lowest BCUT2D eigenvalue weighted by Crippen LogP contribution is -2.17. The molecule has 0 radical (unpaired) electrons. The fourth-order valence-corrected chi connectivity index (χ4v) is 2.47. The Balaban J connectivity index is 2.39. The van der Waals surface area contributed by atoms with Crippen molar-refractivity contribution in [1.82, 2.24) is 19.7 Å². The average Bonchev–Trinajstić information content (AvgIpc) is 2.57. The molecular formula is C10H14IN5O. The normalized spacial score (nSPS) is 13.1. The van der Waals surface area contributed by atoms with Gasteiger partial charge in [-0.2, -0.15) is 5.10 Å². The molecule has 6 nitrogen and oxygen atoms in total. The smallest absolute Gasteiger partial charge is 0.164 e. The molecule has 0 aliphatic rings. The number of nitrogens with two attached hydrogens (primary N) is 1. The van der Waals surface area contributed by atoms with E-state index in [1.807, 2.05) is 18.5 Å². The van der Waals surface area contributed by atoms with Gasteiger partial charge in [-0.25, -0.2) is 14.6 Å². The third kappa shape index (κ3) is 2.49. The summed E-state index contributed by atoms with van der Waals surface area (Å²) in [6, 6.07) is 0. The Morgan fingerprint density at radius 2 is 2.29 bits per heavy atom. The second-order valence-electron chi connectivity index (χ2n) is 3.70. The van der Waals surface area contributed by atoms with Gasteiger partial charge in [-0.3, -0.25) is 0 Å². The number of ether oxygens (including phenoxy) is 1. The Labute approximate surface area is 113 Å². The van der Waals surface area contributed by atoms with Crippen molar-refractivity contribution in [3.63, 3.8) is 0 Å². The van der Waals surface area contributed by atoms with Crippen LogP contribution >= 0.6 is 22.6 Å². The maximum Gasteiger partial charge on any atom is 0.164 e. The maximum atomic E-state index is 5.82. The van der Waals surface area contributed by atoms with Crippen molar-refractivity contribution >= 4 is 39.4 Å². The highest BCUT2D eigenvalue weighted by Crippen LogP contribution is 2.22. The zero-order valence-corrected chi connectivity index (χ0v) is 11.9. The van der Waals surface area contributed by atoms with Crippen LogP contribution in [0.4, 0.5) is 5.82 Å². The lowest BCUT2D eigenvalue weighted by atomic mass is 10.4. The molecule has 2 aromatic rings. The standard InChI is InChI=1S/C10H14IN5O/c1-3-17-6(2)4-16-10-7(8(11)15-16)9(12)13-5-14-10/h5-6H,3-4H2,1-2H3,(H2,12,13,14). The van der Waals surface area contributed by atoms with Crippen LogP contribution < -0.4 is 5.73 Å². The van der Waals surface area contributed by atoms with E-state index in [0.29, 0.717) is 19.0 Å². The molecule has 2 heterocycles. The summed E-state index contributed by atoms with van der Waals surface area (Å²) in [6.45, 7) is 5.33. The number of nitrogen functional groups attached to an aromatic ring is 1. The van der Waals surface area contributed by atoms with E-state index >= 15 is 0 Å². The van der Waals surface area contributed by atoms with Crippen LogP contribution in [-0.2, 0) is 11.3 Å². The third-order valence-electron chi connectivity index (χ3n) is 2.40. The number of rotatable bonds is 4. The van der Waals surface area contributed by atoms with E-state index in [2.05, 4.69) is 37.7 Å². The first-order chi connectivity index (χ1) is 8.13. The fourth-order valence-electron chi connectivity index (χ4n) is 1.69. The zero-order chi connectivity index (χ0) is 12.4. The van der Waals surface area contributed by atoms with Gasteiger partial charge in [-0.1, -0.05) is 0 Å². The second-order valence-corrected chi connectivity index (χ2v) is 4.72. The van der Waals surface area contributed by atoms with Crippen molar-refractivity contribution in [3.8, 4) is 0 Å². The summed E-state index contributed by atoms with van der Waals surface area (Å²) in [5.74, 6) is 0.467. The fraction of sp³-hybridized carbons (Fsp3) is 0.500. The van der Waals surface area contributed by atoms with Crippen LogP contribution in [-0.4, -0.2) is 32.5 Å². The van der Waals surface area contributed by atoms with Crippen molar-refractivity contribution in [2.24, 2.45) is 0 Å². The number of hydrogen-bond donors (Lipinski definition) is 1. The SMILES string of the molecule is CCOC(C)Cn1nc(I)c2c(N)ncnc21. The third-order valence-corrected chi connectivity index (χ3v) is 3.15. The highest BCUT2D eigenvalue weighted by Gasteiger charge is 2.14. The van der Waals surface area contributed by atoms with E-state index in [9.17, 15) is 0 Å². The molecule has 1 unspecified atom stereocenters. The number of anilines is 1. The van der Waals surface area contributed by atoms with Gasteiger partial charge in [0.15, 0.2) is 5.65 Å².